The second-order valence-electron chi connectivity index (χ2n) is 8.14. The van der Waals surface area contributed by atoms with E-state index in [1.807, 2.05) is 0 Å². The van der Waals surface area contributed by atoms with Crippen molar-refractivity contribution in [2.45, 2.75) is 39.4 Å². The molecule has 0 aliphatic heterocycles. The maximum absolute atomic E-state index is 11.9. The summed E-state index contributed by atoms with van der Waals surface area (Å²) in [7, 11) is 0. The quantitative estimate of drug-likeness (QED) is 0.117. The largest absolute Gasteiger partial charge is 0.490 e. The second kappa shape index (κ2) is 18.2. The van der Waals surface area contributed by atoms with Crippen LogP contribution < -0.4 is 15.4 Å². The first-order chi connectivity index (χ1) is 18.1. The van der Waals surface area contributed by atoms with Crippen LogP contribution in [0.2, 0.25) is 0 Å². The van der Waals surface area contributed by atoms with Crippen LogP contribution in [0.1, 0.15) is 32.3 Å². The Kier molecular flexibility index (Phi) is 15.3. The fraction of sp³-hybridized carbons (Fsp3) is 0.462. The van der Waals surface area contributed by atoms with Gasteiger partial charge in [-0.3, -0.25) is 0 Å². The van der Waals surface area contributed by atoms with E-state index in [0.29, 0.717) is 35.3 Å². The number of alkyl carbamates (subject to hydrolysis) is 2. The van der Waals surface area contributed by atoms with Gasteiger partial charge in [0, 0.05) is 29.8 Å². The van der Waals surface area contributed by atoms with Gasteiger partial charge in [0.15, 0.2) is 0 Å². The van der Waals surface area contributed by atoms with Gasteiger partial charge in [-0.15, -0.1) is 0 Å². The van der Waals surface area contributed by atoms with E-state index in [1.54, 1.807) is 31.2 Å². The van der Waals surface area contributed by atoms with Crippen molar-refractivity contribution in [3.8, 4) is 5.75 Å². The molecule has 12 heteroatoms. The molecule has 0 heterocycles. The van der Waals surface area contributed by atoms with Gasteiger partial charge in [-0.25, -0.2) is 19.2 Å². The summed E-state index contributed by atoms with van der Waals surface area (Å²) in [5.41, 5.74) is 1.16. The molecule has 0 aliphatic carbocycles. The van der Waals surface area contributed by atoms with Crippen LogP contribution in [0.4, 0.5) is 9.59 Å². The van der Waals surface area contributed by atoms with Crippen LogP contribution in [0.3, 0.4) is 0 Å². The van der Waals surface area contributed by atoms with Crippen molar-refractivity contribution in [2.24, 2.45) is 0 Å². The molecule has 0 fully saturated rings. The monoisotopic (exact) mass is 536 g/mol. The fourth-order valence-corrected chi connectivity index (χ4v) is 2.52. The van der Waals surface area contributed by atoms with Gasteiger partial charge in [0.2, 0.25) is 0 Å². The molecule has 0 aromatic heterocycles. The summed E-state index contributed by atoms with van der Waals surface area (Å²) in [5, 5.41) is 15.1. The lowest BCUT2D eigenvalue weighted by atomic mass is 10.2. The molecule has 2 amide bonds. The summed E-state index contributed by atoms with van der Waals surface area (Å²) in [5.74, 6) is -0.595. The van der Waals surface area contributed by atoms with Crippen LogP contribution in [-0.4, -0.2) is 74.9 Å². The summed E-state index contributed by atoms with van der Waals surface area (Å²) in [6, 6.07) is 6.80. The van der Waals surface area contributed by atoms with Gasteiger partial charge in [-0.2, -0.15) is 0 Å². The van der Waals surface area contributed by atoms with Crippen molar-refractivity contribution < 1.29 is 48.0 Å². The van der Waals surface area contributed by atoms with E-state index in [-0.39, 0.29) is 46.1 Å². The fourth-order valence-electron chi connectivity index (χ4n) is 2.52. The summed E-state index contributed by atoms with van der Waals surface area (Å²) >= 11 is 0. The van der Waals surface area contributed by atoms with E-state index in [4.69, 9.17) is 23.7 Å². The van der Waals surface area contributed by atoms with Gasteiger partial charge in [0.1, 0.15) is 31.7 Å². The normalized spacial score (nSPS) is 10.9. The third-order valence-corrected chi connectivity index (χ3v) is 4.51. The summed E-state index contributed by atoms with van der Waals surface area (Å²) in [6.07, 6.45) is -1.69. The molecule has 12 nitrogen and oxygen atoms in total. The number of amides is 2. The van der Waals surface area contributed by atoms with Gasteiger partial charge in [-0.05, 0) is 32.8 Å². The lowest BCUT2D eigenvalue weighted by Gasteiger charge is -2.15. The molecule has 0 spiro atoms. The third-order valence-electron chi connectivity index (χ3n) is 4.51. The Bertz CT molecular complexity index is 963. The predicted octanol–water partition coefficient (Wildman–Crippen LogP) is 2.40. The highest BCUT2D eigenvalue weighted by molar-refractivity contribution is 5.87. The third kappa shape index (κ3) is 14.5. The van der Waals surface area contributed by atoms with E-state index >= 15 is 0 Å². The maximum atomic E-state index is 11.9. The van der Waals surface area contributed by atoms with E-state index in [2.05, 4.69) is 23.8 Å². The highest BCUT2D eigenvalue weighted by Gasteiger charge is 2.12. The number of hydrogen-bond donors (Lipinski definition) is 3. The molecule has 1 rings (SSSR count). The number of carbonyl (C=O) groups excluding carboxylic acids is 4. The van der Waals surface area contributed by atoms with Gasteiger partial charge in [0.25, 0.3) is 0 Å². The Hall–Kier alpha value is -4.06. The molecular weight excluding hydrogens is 500 g/mol. The molecule has 38 heavy (non-hydrogen) atoms. The molecule has 1 aromatic rings. The molecule has 0 aliphatic rings. The second-order valence-corrected chi connectivity index (χ2v) is 8.14. The summed E-state index contributed by atoms with van der Waals surface area (Å²) in [4.78, 5) is 46.1. The minimum Gasteiger partial charge on any atom is -0.490 e. The first-order valence-corrected chi connectivity index (χ1v) is 12.0. The lowest BCUT2D eigenvalue weighted by Crippen LogP contribution is -2.31. The van der Waals surface area contributed by atoms with Gasteiger partial charge < -0.3 is 39.4 Å². The van der Waals surface area contributed by atoms with E-state index in [0.717, 1.165) is 0 Å². The topological polar surface area (TPSA) is 159 Å². The standard InChI is InChI=1S/C26H36N2O10/c1-18(2)23(30)34-13-7-11-27-25(32)37-15-20-9-5-6-10-22(20)36-16-21(29)17-38-26(33)28-12-8-14-35-24(31)19(3)4/h5-6,9-10,21,29H,1,3,7-8,11-17H2,2,4H3,(H,27,32)(H,28,33). The summed E-state index contributed by atoms with van der Waals surface area (Å²) in [6.45, 7) is 10.2. The van der Waals surface area contributed by atoms with Crippen molar-refractivity contribution in [3.63, 3.8) is 0 Å². The van der Waals surface area contributed by atoms with E-state index in [1.165, 1.54) is 6.92 Å². The smallest absolute Gasteiger partial charge is 0.407 e. The number of aliphatic hydroxyl groups is 1. The Labute approximate surface area is 221 Å². The molecule has 1 unspecified atom stereocenters. The number of nitrogens with one attached hydrogen (secondary N) is 2. The molecule has 1 atom stereocenters. The van der Waals surface area contributed by atoms with Crippen molar-refractivity contribution in [1.82, 2.24) is 10.6 Å². The van der Waals surface area contributed by atoms with Crippen molar-refractivity contribution in [1.29, 1.82) is 0 Å². The zero-order valence-corrected chi connectivity index (χ0v) is 21.8. The molecular formula is C26H36N2O10. The minimum absolute atomic E-state index is 0.0800. The lowest BCUT2D eigenvalue weighted by molar-refractivity contribution is -0.139. The highest BCUT2D eigenvalue weighted by atomic mass is 16.6. The molecule has 0 saturated carbocycles. The zero-order chi connectivity index (χ0) is 28.3. The molecule has 0 radical (unpaired) electrons. The SMILES string of the molecule is C=C(C)C(=O)OCCCNC(=O)OCc1ccccc1OCC(O)COC(=O)NCCCOC(=O)C(=C)C. The number of aliphatic hydroxyl groups excluding tert-OH is 1. The Morgan fingerprint density at radius 2 is 1.34 bits per heavy atom. The average molecular weight is 537 g/mol. The Balaban J connectivity index is 2.26. The van der Waals surface area contributed by atoms with Crippen molar-refractivity contribution in [2.75, 3.05) is 39.5 Å². The number of carbonyl (C=O) groups is 4. The number of rotatable bonds is 17. The van der Waals surface area contributed by atoms with Gasteiger partial charge in [0.05, 0.1) is 13.2 Å². The molecule has 0 bridgehead atoms. The van der Waals surface area contributed by atoms with E-state index in [9.17, 15) is 24.3 Å². The van der Waals surface area contributed by atoms with E-state index < -0.39 is 30.2 Å². The molecule has 1 aromatic carbocycles. The van der Waals surface area contributed by atoms with Crippen LogP contribution in [0.5, 0.6) is 5.75 Å². The number of hydrogen-bond acceptors (Lipinski definition) is 10. The summed E-state index contributed by atoms with van der Waals surface area (Å²) < 4.78 is 25.5. The molecule has 210 valence electrons. The zero-order valence-electron chi connectivity index (χ0n) is 21.8. The van der Waals surface area contributed by atoms with Gasteiger partial charge in [-0.1, -0.05) is 31.4 Å². The van der Waals surface area contributed by atoms with Crippen molar-refractivity contribution >= 4 is 24.1 Å². The number of ether oxygens (including phenoxy) is 5. The number of esters is 2. The first kappa shape index (κ1) is 32.0. The molecule has 3 N–H and O–H groups in total. The van der Waals surface area contributed by atoms with Crippen LogP contribution in [-0.2, 0) is 35.1 Å². The first-order valence-electron chi connectivity index (χ1n) is 12.0. The Morgan fingerprint density at radius 3 is 1.89 bits per heavy atom. The van der Waals surface area contributed by atoms with Gasteiger partial charge >= 0.3 is 24.1 Å². The average Bonchev–Trinajstić information content (AvgIpc) is 2.89. The van der Waals surface area contributed by atoms with Crippen LogP contribution in [0.15, 0.2) is 48.6 Å². The number of para-hydroxylation sites is 1. The highest BCUT2D eigenvalue weighted by Crippen LogP contribution is 2.19. The van der Waals surface area contributed by atoms with Crippen LogP contribution in [0, 0.1) is 0 Å². The van der Waals surface area contributed by atoms with Crippen LogP contribution in [0.25, 0.3) is 0 Å². The van der Waals surface area contributed by atoms with Crippen molar-refractivity contribution in [3.05, 3.63) is 54.1 Å². The number of benzene rings is 1. The van der Waals surface area contributed by atoms with Crippen LogP contribution >= 0.6 is 0 Å². The Morgan fingerprint density at radius 1 is 0.816 bits per heavy atom. The predicted molar refractivity (Wildman–Crippen MR) is 136 cm³/mol. The minimum atomic E-state index is -1.10. The molecule has 0 saturated heterocycles. The maximum Gasteiger partial charge on any atom is 0.407 e.